The molecule has 0 aliphatic heterocycles. The number of aromatic nitrogens is 1. The number of nitrogens with one attached hydrogen (secondary N) is 1. The fourth-order valence-corrected chi connectivity index (χ4v) is 3.96. The van der Waals surface area contributed by atoms with Crippen LogP contribution >= 0.6 is 15.9 Å². The molecule has 0 spiro atoms. The smallest absolute Gasteiger partial charge is 0.468 e. The maximum absolute atomic E-state index is 14.3. The number of alkyl halides is 3. The first-order chi connectivity index (χ1) is 14.0. The molecule has 3 aromatic rings. The third-order valence-corrected chi connectivity index (χ3v) is 6.06. The fourth-order valence-electron chi connectivity index (χ4n) is 2.63. The normalized spacial score (nSPS) is 12.2. The van der Waals surface area contributed by atoms with Gasteiger partial charge in [0.15, 0.2) is 17.3 Å². The average molecular weight is 509 g/mol. The summed E-state index contributed by atoms with van der Waals surface area (Å²) in [4.78, 5) is 3.43. The van der Waals surface area contributed by atoms with Crippen LogP contribution in [0.4, 0.5) is 17.6 Å². The molecule has 30 heavy (non-hydrogen) atoms. The second kappa shape index (κ2) is 8.00. The van der Waals surface area contributed by atoms with Gasteiger partial charge >= 0.3 is 12.1 Å². The van der Waals surface area contributed by atoms with Gasteiger partial charge in [-0.15, -0.1) is 0 Å². The average Bonchev–Trinajstić information content (AvgIpc) is 3.14. The molecular formula is C18H13BrF4N2O4S. The predicted molar refractivity (Wildman–Crippen MR) is 103 cm³/mol. The standard InChI is InChI=1S/C18H13BrF4N2O4S/c1-24-30(26,27)11-5-3-9(4-6-11)14-15(29-17(25-14)18(21,22)23)10-7-12(19)16(28-2)13(20)8-10/h3-8,24H,1-2H3. The van der Waals surface area contributed by atoms with Gasteiger partial charge in [0.1, 0.15) is 5.69 Å². The van der Waals surface area contributed by atoms with Gasteiger partial charge in [-0.25, -0.2) is 22.5 Å². The van der Waals surface area contributed by atoms with Gasteiger partial charge in [0.2, 0.25) is 10.0 Å². The zero-order valence-electron chi connectivity index (χ0n) is 15.3. The molecule has 0 fully saturated rings. The quantitative estimate of drug-likeness (QED) is 0.498. The molecule has 0 radical (unpaired) electrons. The van der Waals surface area contributed by atoms with Crippen molar-refractivity contribution in [1.82, 2.24) is 9.71 Å². The molecule has 1 heterocycles. The molecule has 0 amide bonds. The Morgan fingerprint density at radius 3 is 2.27 bits per heavy atom. The Balaban J connectivity index is 2.20. The Morgan fingerprint density at radius 2 is 1.77 bits per heavy atom. The summed E-state index contributed by atoms with van der Waals surface area (Å²) in [5, 5.41) is 0. The number of oxazole rings is 1. The van der Waals surface area contributed by atoms with Gasteiger partial charge in [-0.3, -0.25) is 0 Å². The van der Waals surface area contributed by atoms with E-state index in [1.54, 1.807) is 0 Å². The van der Waals surface area contributed by atoms with E-state index in [0.717, 1.165) is 6.07 Å². The molecule has 2 aromatic carbocycles. The first-order valence-corrected chi connectivity index (χ1v) is 10.4. The Kier molecular flexibility index (Phi) is 5.94. The number of halogens is 5. The predicted octanol–water partition coefficient (Wildman–Crippen LogP) is 4.85. The molecule has 0 atom stereocenters. The van der Waals surface area contributed by atoms with Crippen LogP contribution in [0.25, 0.3) is 22.6 Å². The minimum Gasteiger partial charge on any atom is -0.492 e. The number of hydrogen-bond donors (Lipinski definition) is 1. The van der Waals surface area contributed by atoms with Gasteiger partial charge in [0.25, 0.3) is 0 Å². The molecule has 0 saturated carbocycles. The number of nitrogens with zero attached hydrogens (tertiary/aromatic N) is 1. The van der Waals surface area contributed by atoms with Crippen molar-refractivity contribution in [3.63, 3.8) is 0 Å². The summed E-state index contributed by atoms with van der Waals surface area (Å²) in [6, 6.07) is 7.25. The van der Waals surface area contributed by atoms with Gasteiger partial charge in [0.05, 0.1) is 16.5 Å². The number of hydrogen-bond acceptors (Lipinski definition) is 5. The van der Waals surface area contributed by atoms with E-state index in [0.29, 0.717) is 0 Å². The van der Waals surface area contributed by atoms with Crippen molar-refractivity contribution in [2.45, 2.75) is 11.1 Å². The van der Waals surface area contributed by atoms with Crippen LogP contribution in [0, 0.1) is 5.82 Å². The summed E-state index contributed by atoms with van der Waals surface area (Å²) in [6.07, 6.45) is -4.88. The van der Waals surface area contributed by atoms with E-state index in [-0.39, 0.29) is 37.7 Å². The molecular weight excluding hydrogens is 496 g/mol. The van der Waals surface area contributed by atoms with Gasteiger partial charge < -0.3 is 9.15 Å². The van der Waals surface area contributed by atoms with Gasteiger partial charge in [-0.2, -0.15) is 13.2 Å². The van der Waals surface area contributed by atoms with E-state index >= 15 is 0 Å². The van der Waals surface area contributed by atoms with Gasteiger partial charge in [-0.05, 0) is 47.2 Å². The third kappa shape index (κ3) is 4.20. The summed E-state index contributed by atoms with van der Waals surface area (Å²) in [6.45, 7) is 0. The highest BCUT2D eigenvalue weighted by Crippen LogP contribution is 2.41. The summed E-state index contributed by atoms with van der Waals surface area (Å²) < 4.78 is 89.7. The minimum absolute atomic E-state index is 0.0231. The van der Waals surface area contributed by atoms with Crippen LogP contribution < -0.4 is 9.46 Å². The second-order valence-corrected chi connectivity index (χ2v) is 8.64. The maximum Gasteiger partial charge on any atom is 0.468 e. The van der Waals surface area contributed by atoms with Gasteiger partial charge in [-0.1, -0.05) is 12.1 Å². The van der Waals surface area contributed by atoms with E-state index in [2.05, 4.69) is 25.6 Å². The van der Waals surface area contributed by atoms with Crippen LogP contribution in [0.2, 0.25) is 0 Å². The van der Waals surface area contributed by atoms with E-state index in [9.17, 15) is 26.0 Å². The maximum atomic E-state index is 14.3. The molecule has 0 saturated heterocycles. The number of rotatable bonds is 5. The summed E-state index contributed by atoms with van der Waals surface area (Å²) >= 11 is 3.10. The van der Waals surface area contributed by atoms with Crippen molar-refractivity contribution < 1.29 is 35.1 Å². The van der Waals surface area contributed by atoms with Gasteiger partial charge in [0, 0.05) is 11.1 Å². The van der Waals surface area contributed by atoms with Crippen molar-refractivity contribution in [1.29, 1.82) is 0 Å². The Hall–Kier alpha value is -2.44. The number of sulfonamides is 1. The Morgan fingerprint density at radius 1 is 1.13 bits per heavy atom. The summed E-state index contributed by atoms with van der Waals surface area (Å²) in [5.41, 5.74) is -0.107. The van der Waals surface area contributed by atoms with Crippen LogP contribution in [0.15, 0.2) is 50.2 Å². The fraction of sp³-hybridized carbons (Fsp3) is 0.167. The molecule has 160 valence electrons. The highest BCUT2D eigenvalue weighted by atomic mass is 79.9. The number of ether oxygens (including phenoxy) is 1. The monoisotopic (exact) mass is 508 g/mol. The lowest BCUT2D eigenvalue weighted by Gasteiger charge is -2.08. The SMILES string of the molecule is CNS(=O)(=O)c1ccc(-c2nc(C(F)(F)F)oc2-c2cc(F)c(OC)c(Br)c2)cc1. The molecule has 3 rings (SSSR count). The largest absolute Gasteiger partial charge is 0.492 e. The first kappa shape index (κ1) is 22.2. The van der Waals surface area contributed by atoms with E-state index in [4.69, 9.17) is 9.15 Å². The molecule has 0 bridgehead atoms. The van der Waals surface area contributed by atoms with E-state index in [1.807, 2.05) is 0 Å². The zero-order chi connectivity index (χ0) is 22.3. The second-order valence-electron chi connectivity index (χ2n) is 5.90. The van der Waals surface area contributed by atoms with Crippen LogP contribution in [-0.2, 0) is 16.2 Å². The lowest BCUT2D eigenvalue weighted by Crippen LogP contribution is -2.18. The Bertz CT molecular complexity index is 1170. The molecule has 0 aliphatic carbocycles. The van der Waals surface area contributed by atoms with Crippen molar-refractivity contribution >= 4 is 26.0 Å². The zero-order valence-corrected chi connectivity index (χ0v) is 17.7. The summed E-state index contributed by atoms with van der Waals surface area (Å²) in [7, 11) is -1.27. The van der Waals surface area contributed by atoms with E-state index < -0.39 is 27.9 Å². The van der Waals surface area contributed by atoms with Crippen molar-refractivity contribution in [3.05, 3.63) is 52.6 Å². The van der Waals surface area contributed by atoms with Crippen LogP contribution in [-0.4, -0.2) is 27.6 Å². The molecule has 12 heteroatoms. The minimum atomic E-state index is -4.88. The highest BCUT2D eigenvalue weighted by Gasteiger charge is 2.39. The number of benzene rings is 2. The van der Waals surface area contributed by atoms with Crippen molar-refractivity contribution in [2.75, 3.05) is 14.2 Å². The van der Waals surface area contributed by atoms with Crippen LogP contribution in [0.1, 0.15) is 5.89 Å². The first-order valence-electron chi connectivity index (χ1n) is 8.13. The van der Waals surface area contributed by atoms with Crippen LogP contribution in [0.3, 0.4) is 0 Å². The number of methoxy groups -OCH3 is 1. The lowest BCUT2D eigenvalue weighted by molar-refractivity contribution is -0.156. The highest BCUT2D eigenvalue weighted by molar-refractivity contribution is 9.10. The molecule has 1 N–H and O–H groups in total. The molecule has 0 aliphatic rings. The van der Waals surface area contributed by atoms with E-state index in [1.165, 1.54) is 44.5 Å². The topological polar surface area (TPSA) is 81.4 Å². The molecule has 1 aromatic heterocycles. The lowest BCUT2D eigenvalue weighted by atomic mass is 10.1. The third-order valence-electron chi connectivity index (χ3n) is 4.04. The van der Waals surface area contributed by atoms with Crippen molar-refractivity contribution in [2.24, 2.45) is 0 Å². The van der Waals surface area contributed by atoms with Crippen molar-refractivity contribution in [3.8, 4) is 28.3 Å². The Labute approximate surface area is 177 Å². The molecule has 0 unspecified atom stereocenters. The summed E-state index contributed by atoms with van der Waals surface area (Å²) in [5.74, 6) is -2.81. The van der Waals surface area contributed by atoms with Crippen LogP contribution in [0.5, 0.6) is 5.75 Å². The molecule has 6 nitrogen and oxygen atoms in total.